The summed E-state index contributed by atoms with van der Waals surface area (Å²) in [6.07, 6.45) is 1.17. The van der Waals surface area contributed by atoms with Crippen LogP contribution < -0.4 is 5.32 Å². The highest BCUT2D eigenvalue weighted by atomic mass is 16.1. The van der Waals surface area contributed by atoms with Gasteiger partial charge in [0.15, 0.2) is 6.29 Å². The van der Waals surface area contributed by atoms with Crippen LogP contribution in [0, 0.1) is 0 Å². The molecule has 60 valence electrons. The summed E-state index contributed by atoms with van der Waals surface area (Å²) in [6.45, 7) is 7.06. The fourth-order valence-electron chi connectivity index (χ4n) is 0.640. The number of allylic oxidation sites excluding steroid dienone is 2. The first kappa shape index (κ1) is 9.62. The number of nitrogens with one attached hydrogen (secondary N) is 1. The van der Waals surface area contributed by atoms with Crippen LogP contribution in [-0.4, -0.2) is 12.7 Å². The van der Waals surface area contributed by atoms with Gasteiger partial charge in [0.1, 0.15) is 0 Å². The molecule has 0 aliphatic rings. The standard InChI is InChI=1S/C8H11NO2/c1-6(2)8(4-10)7(3)9-5-11/h4-5H,3H2,1-2H3,(H,9,11). The second-order valence-electron chi connectivity index (χ2n) is 2.27. The fraction of sp³-hybridized carbons (Fsp3) is 0.250. The summed E-state index contributed by atoms with van der Waals surface area (Å²) in [5, 5.41) is 2.31. The molecule has 0 bridgehead atoms. The Bertz CT molecular complexity index is 212. The van der Waals surface area contributed by atoms with Gasteiger partial charge in [-0.15, -0.1) is 0 Å². The monoisotopic (exact) mass is 153 g/mol. The van der Waals surface area contributed by atoms with Gasteiger partial charge in [-0.05, 0) is 13.8 Å². The Hall–Kier alpha value is -1.38. The van der Waals surface area contributed by atoms with Crippen LogP contribution in [0.25, 0.3) is 0 Å². The summed E-state index contributed by atoms with van der Waals surface area (Å²) in [5.74, 6) is 0. The van der Waals surface area contributed by atoms with E-state index in [2.05, 4.69) is 11.9 Å². The Labute approximate surface area is 65.8 Å². The maximum atomic E-state index is 10.4. The molecule has 0 fully saturated rings. The van der Waals surface area contributed by atoms with Crippen LogP contribution in [0.4, 0.5) is 0 Å². The average molecular weight is 153 g/mol. The molecular weight excluding hydrogens is 142 g/mol. The van der Waals surface area contributed by atoms with Gasteiger partial charge >= 0.3 is 0 Å². The molecule has 0 aliphatic carbocycles. The Morgan fingerprint density at radius 1 is 1.36 bits per heavy atom. The minimum atomic E-state index is 0.343. The summed E-state index contributed by atoms with van der Waals surface area (Å²) < 4.78 is 0. The lowest BCUT2D eigenvalue weighted by molar-refractivity contribution is -0.108. The number of carbonyl (C=O) groups excluding carboxylic acids is 2. The molecule has 0 unspecified atom stereocenters. The van der Waals surface area contributed by atoms with Crippen molar-refractivity contribution in [2.75, 3.05) is 0 Å². The van der Waals surface area contributed by atoms with Crippen molar-refractivity contribution >= 4 is 12.7 Å². The smallest absolute Gasteiger partial charge is 0.211 e. The van der Waals surface area contributed by atoms with Gasteiger partial charge in [0, 0.05) is 11.3 Å². The number of hydrogen-bond acceptors (Lipinski definition) is 2. The van der Waals surface area contributed by atoms with Crippen molar-refractivity contribution in [2.45, 2.75) is 13.8 Å². The molecule has 0 aliphatic heterocycles. The zero-order valence-electron chi connectivity index (χ0n) is 6.68. The highest BCUT2D eigenvalue weighted by Gasteiger charge is 2.00. The fourth-order valence-corrected chi connectivity index (χ4v) is 0.640. The van der Waals surface area contributed by atoms with Crippen LogP contribution in [0.1, 0.15) is 13.8 Å². The Kier molecular flexibility index (Phi) is 3.88. The lowest BCUT2D eigenvalue weighted by atomic mass is 10.1. The van der Waals surface area contributed by atoms with Crippen molar-refractivity contribution in [1.29, 1.82) is 0 Å². The van der Waals surface area contributed by atoms with E-state index in [0.29, 0.717) is 24.0 Å². The molecular formula is C8H11NO2. The van der Waals surface area contributed by atoms with E-state index >= 15 is 0 Å². The first-order valence-electron chi connectivity index (χ1n) is 3.15. The van der Waals surface area contributed by atoms with E-state index in [-0.39, 0.29) is 0 Å². The third kappa shape index (κ3) is 2.80. The van der Waals surface area contributed by atoms with Gasteiger partial charge in [0.05, 0.1) is 0 Å². The predicted octanol–water partition coefficient (Wildman–Crippen LogP) is 0.781. The largest absolute Gasteiger partial charge is 0.329 e. The third-order valence-electron chi connectivity index (χ3n) is 1.21. The summed E-state index contributed by atoms with van der Waals surface area (Å²) in [4.78, 5) is 20.3. The minimum Gasteiger partial charge on any atom is -0.329 e. The van der Waals surface area contributed by atoms with E-state index in [1.165, 1.54) is 0 Å². The first-order valence-corrected chi connectivity index (χ1v) is 3.15. The quantitative estimate of drug-likeness (QED) is 0.368. The number of aldehydes is 1. The number of amides is 1. The van der Waals surface area contributed by atoms with Crippen LogP contribution in [0.15, 0.2) is 23.4 Å². The van der Waals surface area contributed by atoms with Gasteiger partial charge < -0.3 is 5.32 Å². The maximum Gasteiger partial charge on any atom is 0.211 e. The van der Waals surface area contributed by atoms with Gasteiger partial charge in [-0.1, -0.05) is 12.2 Å². The van der Waals surface area contributed by atoms with Crippen LogP contribution in [0.2, 0.25) is 0 Å². The molecule has 11 heavy (non-hydrogen) atoms. The summed E-state index contributed by atoms with van der Waals surface area (Å²) in [5.41, 5.74) is 1.62. The zero-order valence-corrected chi connectivity index (χ0v) is 6.68. The molecule has 0 atom stereocenters. The molecule has 0 radical (unpaired) electrons. The van der Waals surface area contributed by atoms with Crippen LogP contribution in [0.3, 0.4) is 0 Å². The Balaban J connectivity index is 4.53. The molecule has 0 rings (SSSR count). The molecule has 0 aromatic heterocycles. The van der Waals surface area contributed by atoms with Gasteiger partial charge in [0.25, 0.3) is 0 Å². The Morgan fingerprint density at radius 2 is 1.91 bits per heavy atom. The molecule has 1 amide bonds. The number of carbonyl (C=O) groups is 2. The van der Waals surface area contributed by atoms with E-state index in [4.69, 9.17) is 0 Å². The van der Waals surface area contributed by atoms with Gasteiger partial charge in [-0.2, -0.15) is 0 Å². The van der Waals surface area contributed by atoms with E-state index in [0.717, 1.165) is 5.57 Å². The summed E-state index contributed by atoms with van der Waals surface area (Å²) >= 11 is 0. The van der Waals surface area contributed by atoms with Crippen LogP contribution in [-0.2, 0) is 9.59 Å². The van der Waals surface area contributed by atoms with Crippen molar-refractivity contribution < 1.29 is 9.59 Å². The summed E-state index contributed by atoms with van der Waals surface area (Å²) in [7, 11) is 0. The normalized spacial score (nSPS) is 8.18. The lowest BCUT2D eigenvalue weighted by Crippen LogP contribution is -2.12. The van der Waals surface area contributed by atoms with Crippen LogP contribution in [0.5, 0.6) is 0 Å². The molecule has 0 saturated heterocycles. The number of rotatable bonds is 4. The van der Waals surface area contributed by atoms with Gasteiger partial charge in [0.2, 0.25) is 6.41 Å². The van der Waals surface area contributed by atoms with Crippen molar-refractivity contribution in [3.63, 3.8) is 0 Å². The number of hydrogen-bond donors (Lipinski definition) is 1. The average Bonchev–Trinajstić information content (AvgIpc) is 1.88. The zero-order chi connectivity index (χ0) is 8.85. The SMILES string of the molecule is C=C(NC=O)C(C=O)=C(C)C. The highest BCUT2D eigenvalue weighted by molar-refractivity contribution is 5.81. The molecule has 3 nitrogen and oxygen atoms in total. The topological polar surface area (TPSA) is 46.2 Å². The lowest BCUT2D eigenvalue weighted by Gasteiger charge is -2.03. The van der Waals surface area contributed by atoms with Crippen molar-refractivity contribution in [3.05, 3.63) is 23.4 Å². The molecule has 0 aromatic rings. The van der Waals surface area contributed by atoms with E-state index < -0.39 is 0 Å². The van der Waals surface area contributed by atoms with E-state index in [1.807, 2.05) is 0 Å². The molecule has 1 N–H and O–H groups in total. The third-order valence-corrected chi connectivity index (χ3v) is 1.21. The Morgan fingerprint density at radius 3 is 2.18 bits per heavy atom. The van der Waals surface area contributed by atoms with E-state index in [1.54, 1.807) is 13.8 Å². The minimum absolute atomic E-state index is 0.343. The van der Waals surface area contributed by atoms with Crippen molar-refractivity contribution in [3.8, 4) is 0 Å². The molecule has 0 saturated carbocycles. The van der Waals surface area contributed by atoms with Crippen LogP contribution >= 0.6 is 0 Å². The summed E-state index contributed by atoms with van der Waals surface area (Å²) in [6, 6.07) is 0. The molecule has 0 aromatic carbocycles. The van der Waals surface area contributed by atoms with Gasteiger partial charge in [-0.25, -0.2) is 0 Å². The molecule has 0 spiro atoms. The highest BCUT2D eigenvalue weighted by Crippen LogP contribution is 2.06. The van der Waals surface area contributed by atoms with Gasteiger partial charge in [-0.3, -0.25) is 9.59 Å². The van der Waals surface area contributed by atoms with E-state index in [9.17, 15) is 9.59 Å². The van der Waals surface area contributed by atoms with Crippen molar-refractivity contribution in [1.82, 2.24) is 5.32 Å². The second kappa shape index (κ2) is 4.44. The maximum absolute atomic E-state index is 10.4. The second-order valence-corrected chi connectivity index (χ2v) is 2.27. The first-order chi connectivity index (χ1) is 5.13. The van der Waals surface area contributed by atoms with Crippen molar-refractivity contribution in [2.24, 2.45) is 0 Å². The molecule has 3 heteroatoms. The molecule has 0 heterocycles. The predicted molar refractivity (Wildman–Crippen MR) is 42.8 cm³/mol.